The van der Waals surface area contributed by atoms with Gasteiger partial charge in [-0.2, -0.15) is 0 Å². The van der Waals surface area contributed by atoms with Crippen molar-refractivity contribution in [3.63, 3.8) is 0 Å². The first-order chi connectivity index (χ1) is 29.7. The maximum Gasteiger partial charge on any atom is 0.247 e. The molecule has 1 spiro atoms. The fraction of sp³-hybridized carbons (Fsp3) is 0.360. The van der Waals surface area contributed by atoms with Crippen molar-refractivity contribution in [1.29, 1.82) is 0 Å². The van der Waals surface area contributed by atoms with Gasteiger partial charge in [0.05, 0.1) is 36.4 Å². The zero-order chi connectivity index (χ0) is 42.1. The molecular formula is C50H56N8O3. The number of aromatic amines is 2. The lowest BCUT2D eigenvalue weighted by atomic mass is 9.89. The Bertz CT molecular complexity index is 2420. The molecule has 9 rings (SSSR count). The highest BCUT2D eigenvalue weighted by Gasteiger charge is 2.53. The molecule has 4 aromatic carbocycles. The van der Waals surface area contributed by atoms with Gasteiger partial charge in [0, 0.05) is 6.54 Å². The molecule has 0 bridgehead atoms. The SMILES string of the molecule is CN(C)[C@@H](C(=O)N1CCC[C@H]1c1ncc(-c2ccc(-c3ccc(-c4cnc([C@@H]5COC6(CCCCC6)N5C(=O)[C@@H](c5ccccc5)N(C)C)[nH]4)cc3)cc2)[nH]1)c1ccccc1. The summed E-state index contributed by atoms with van der Waals surface area (Å²) in [4.78, 5) is 53.5. The Kier molecular flexibility index (Phi) is 11.5. The summed E-state index contributed by atoms with van der Waals surface area (Å²) in [6, 6.07) is 35.8. The minimum atomic E-state index is -0.622. The third-order valence-electron chi connectivity index (χ3n) is 12.9. The molecule has 3 aliphatic rings. The van der Waals surface area contributed by atoms with Gasteiger partial charge in [-0.3, -0.25) is 24.3 Å². The van der Waals surface area contributed by atoms with Crippen LogP contribution in [0, 0.1) is 0 Å². The molecule has 3 fully saturated rings. The Morgan fingerprint density at radius 3 is 1.61 bits per heavy atom. The number of likely N-dealkylation sites (tertiary alicyclic amines) is 1. The summed E-state index contributed by atoms with van der Waals surface area (Å²) in [7, 11) is 7.86. The van der Waals surface area contributed by atoms with E-state index in [4.69, 9.17) is 14.7 Å². The van der Waals surface area contributed by atoms with Crippen molar-refractivity contribution in [2.24, 2.45) is 0 Å². The minimum Gasteiger partial charge on any atom is -0.353 e. The lowest BCUT2D eigenvalue weighted by molar-refractivity contribution is -0.162. The average Bonchev–Trinajstić information content (AvgIpc) is 4.12. The molecule has 2 aromatic heterocycles. The molecule has 11 nitrogen and oxygen atoms in total. The van der Waals surface area contributed by atoms with E-state index in [1.807, 2.05) is 121 Å². The summed E-state index contributed by atoms with van der Waals surface area (Å²) in [6.07, 6.45) is 10.5. The number of carbonyl (C=O) groups excluding carboxylic acids is 2. The zero-order valence-corrected chi connectivity index (χ0v) is 35.6. The van der Waals surface area contributed by atoms with Gasteiger partial charge in [0.2, 0.25) is 11.8 Å². The van der Waals surface area contributed by atoms with Crippen LogP contribution in [0.5, 0.6) is 0 Å². The van der Waals surface area contributed by atoms with Gasteiger partial charge in [0.1, 0.15) is 35.5 Å². The van der Waals surface area contributed by atoms with Gasteiger partial charge in [0.15, 0.2) is 0 Å². The molecule has 314 valence electrons. The number of hydrogen-bond donors (Lipinski definition) is 2. The molecule has 2 amide bonds. The van der Waals surface area contributed by atoms with Gasteiger partial charge in [-0.1, -0.05) is 116 Å². The maximum atomic E-state index is 14.7. The lowest BCUT2D eigenvalue weighted by Crippen LogP contribution is -2.53. The monoisotopic (exact) mass is 816 g/mol. The second-order valence-corrected chi connectivity index (χ2v) is 17.3. The number of benzene rings is 4. The maximum absolute atomic E-state index is 14.7. The van der Waals surface area contributed by atoms with Crippen molar-refractivity contribution in [2.75, 3.05) is 41.3 Å². The second kappa shape index (κ2) is 17.2. The van der Waals surface area contributed by atoms with Crippen molar-refractivity contribution in [2.45, 2.75) is 74.8 Å². The molecular weight excluding hydrogens is 761 g/mol. The number of H-pyrrole nitrogens is 2. The predicted molar refractivity (Wildman–Crippen MR) is 238 cm³/mol. The van der Waals surface area contributed by atoms with Crippen molar-refractivity contribution in [1.82, 2.24) is 39.5 Å². The van der Waals surface area contributed by atoms with Crippen LogP contribution in [0.1, 0.15) is 91.9 Å². The number of likely N-dealkylation sites (N-methyl/N-ethyl adjacent to an activating group) is 2. The normalized spacial score (nSPS) is 19.8. The number of nitrogens with zero attached hydrogens (tertiary/aromatic N) is 6. The van der Waals surface area contributed by atoms with Crippen LogP contribution in [-0.4, -0.2) is 98.4 Å². The number of nitrogens with one attached hydrogen (secondary N) is 2. The Balaban J connectivity index is 0.893. The highest BCUT2D eigenvalue weighted by atomic mass is 16.5. The Morgan fingerprint density at radius 1 is 0.623 bits per heavy atom. The molecule has 0 radical (unpaired) electrons. The van der Waals surface area contributed by atoms with Crippen LogP contribution in [0.4, 0.5) is 0 Å². The Hall–Kier alpha value is -5.88. The highest BCUT2D eigenvalue weighted by Crippen LogP contribution is 2.47. The summed E-state index contributed by atoms with van der Waals surface area (Å²) in [5.41, 5.74) is 7.43. The number of hydrogen-bond acceptors (Lipinski definition) is 7. The molecule has 4 atom stereocenters. The molecule has 6 aromatic rings. The van der Waals surface area contributed by atoms with Crippen molar-refractivity contribution < 1.29 is 14.3 Å². The van der Waals surface area contributed by atoms with E-state index < -0.39 is 11.8 Å². The first-order valence-electron chi connectivity index (χ1n) is 21.7. The molecule has 1 saturated carbocycles. The standard InChI is InChI=1S/C50H56N8O3/c1-55(2)44(38-15-8-5-9-16-38)48(59)57-30-14-19-42(57)46-51-31-40(53-46)36-24-20-34(21-25-36)35-22-26-37(27-23-35)41-32-52-47(54-41)43-33-61-50(28-12-7-13-29-50)58(43)49(60)45(56(3)4)39-17-10-6-11-18-39/h5-6,8-11,15-18,20-27,31-32,42-45H,7,12-14,19,28-30,33H2,1-4H3,(H,51,53)(H,52,54)/t42-,43-,44+,45+/m0/s1. The van der Waals surface area contributed by atoms with Crippen LogP contribution in [-0.2, 0) is 14.3 Å². The zero-order valence-electron chi connectivity index (χ0n) is 35.6. The van der Waals surface area contributed by atoms with E-state index >= 15 is 0 Å². The molecule has 1 aliphatic carbocycles. The van der Waals surface area contributed by atoms with E-state index in [0.717, 1.165) is 101 Å². The summed E-state index contributed by atoms with van der Waals surface area (Å²) in [5.74, 6) is 1.72. The van der Waals surface area contributed by atoms with E-state index in [-0.39, 0.29) is 29.9 Å². The molecule has 11 heteroatoms. The third kappa shape index (κ3) is 7.93. The van der Waals surface area contributed by atoms with Crippen LogP contribution in [0.25, 0.3) is 33.6 Å². The van der Waals surface area contributed by atoms with Gasteiger partial charge < -0.3 is 19.6 Å². The predicted octanol–water partition coefficient (Wildman–Crippen LogP) is 8.96. The van der Waals surface area contributed by atoms with Crippen LogP contribution < -0.4 is 0 Å². The number of ether oxygens (including phenoxy) is 1. The van der Waals surface area contributed by atoms with Crippen molar-refractivity contribution in [3.8, 4) is 33.6 Å². The van der Waals surface area contributed by atoms with Gasteiger partial charge in [-0.15, -0.1) is 0 Å². The van der Waals surface area contributed by atoms with E-state index in [2.05, 4.69) is 58.5 Å². The number of amides is 2. The summed E-state index contributed by atoms with van der Waals surface area (Å²) in [6.45, 7) is 1.13. The van der Waals surface area contributed by atoms with Gasteiger partial charge in [0.25, 0.3) is 0 Å². The van der Waals surface area contributed by atoms with Gasteiger partial charge >= 0.3 is 0 Å². The fourth-order valence-corrected chi connectivity index (χ4v) is 9.89. The molecule has 61 heavy (non-hydrogen) atoms. The topological polar surface area (TPSA) is 114 Å². The Labute approximate surface area is 358 Å². The van der Waals surface area contributed by atoms with Crippen molar-refractivity contribution in [3.05, 3.63) is 144 Å². The lowest BCUT2D eigenvalue weighted by Gasteiger charge is -2.43. The van der Waals surface area contributed by atoms with E-state index in [0.29, 0.717) is 13.2 Å². The Morgan fingerprint density at radius 2 is 1.10 bits per heavy atom. The molecule has 0 unspecified atom stereocenters. The number of rotatable bonds is 11. The molecule has 2 saturated heterocycles. The smallest absolute Gasteiger partial charge is 0.247 e. The van der Waals surface area contributed by atoms with Gasteiger partial charge in [-0.25, -0.2) is 9.97 Å². The first kappa shape index (κ1) is 40.5. The number of carbonyl (C=O) groups is 2. The molecule has 4 heterocycles. The first-order valence-corrected chi connectivity index (χ1v) is 21.7. The molecule has 2 N–H and O–H groups in total. The van der Waals surface area contributed by atoms with E-state index in [9.17, 15) is 9.59 Å². The van der Waals surface area contributed by atoms with Crippen molar-refractivity contribution >= 4 is 11.8 Å². The van der Waals surface area contributed by atoms with E-state index in [1.54, 1.807) is 0 Å². The third-order valence-corrected chi connectivity index (χ3v) is 12.9. The minimum absolute atomic E-state index is 0.0478. The van der Waals surface area contributed by atoms with Gasteiger partial charge in [-0.05, 0) is 100 Å². The highest BCUT2D eigenvalue weighted by molar-refractivity contribution is 5.85. The fourth-order valence-electron chi connectivity index (χ4n) is 9.89. The largest absolute Gasteiger partial charge is 0.353 e. The molecule has 2 aliphatic heterocycles. The number of aromatic nitrogens is 4. The summed E-state index contributed by atoms with van der Waals surface area (Å²) >= 11 is 0. The number of imidazole rings is 2. The second-order valence-electron chi connectivity index (χ2n) is 17.3. The van der Waals surface area contributed by atoms with Crippen LogP contribution in [0.15, 0.2) is 122 Å². The average molecular weight is 817 g/mol. The van der Waals surface area contributed by atoms with Crippen LogP contribution in [0.2, 0.25) is 0 Å². The summed E-state index contributed by atoms with van der Waals surface area (Å²) in [5, 5.41) is 0. The quantitative estimate of drug-likeness (QED) is 0.134. The van der Waals surface area contributed by atoms with Crippen LogP contribution in [0.3, 0.4) is 0 Å². The summed E-state index contributed by atoms with van der Waals surface area (Å²) < 4.78 is 6.64. The van der Waals surface area contributed by atoms with E-state index in [1.165, 1.54) is 0 Å². The van der Waals surface area contributed by atoms with Crippen LogP contribution >= 0.6 is 0 Å².